The van der Waals surface area contributed by atoms with Crippen molar-refractivity contribution in [1.29, 1.82) is 0 Å². The normalized spacial score (nSPS) is 10.4. The Morgan fingerprint density at radius 3 is 2.00 bits per heavy atom. The summed E-state index contributed by atoms with van der Waals surface area (Å²) in [4.78, 5) is 24.9. The molecular weight excluding hydrogens is 362 g/mol. The second kappa shape index (κ2) is 8.00. The Balaban J connectivity index is 1.78. The number of aryl methyl sites for hydroxylation is 1. The van der Waals surface area contributed by atoms with Crippen LogP contribution in [0.2, 0.25) is 0 Å². The smallest absolute Gasteiger partial charge is 0.255 e. The van der Waals surface area contributed by atoms with Crippen molar-refractivity contribution in [3.05, 3.63) is 94.6 Å². The van der Waals surface area contributed by atoms with Crippen LogP contribution in [0.1, 0.15) is 31.8 Å². The first-order chi connectivity index (χ1) is 13.3. The number of halogens is 2. The number of anilines is 2. The zero-order valence-electron chi connectivity index (χ0n) is 15.3. The summed E-state index contributed by atoms with van der Waals surface area (Å²) in [5.41, 5.74) is 3.01. The van der Waals surface area contributed by atoms with Crippen LogP contribution in [-0.4, -0.2) is 11.8 Å². The summed E-state index contributed by atoms with van der Waals surface area (Å²) in [5, 5.41) is 5.20. The zero-order valence-corrected chi connectivity index (χ0v) is 15.3. The van der Waals surface area contributed by atoms with Gasteiger partial charge in [-0.1, -0.05) is 18.2 Å². The summed E-state index contributed by atoms with van der Waals surface area (Å²) in [6.45, 7) is 3.86. The van der Waals surface area contributed by atoms with Crippen LogP contribution in [0.25, 0.3) is 0 Å². The highest BCUT2D eigenvalue weighted by Crippen LogP contribution is 2.20. The van der Waals surface area contributed by atoms with Gasteiger partial charge in [0.05, 0.1) is 5.69 Å². The maximum Gasteiger partial charge on any atom is 0.255 e. The van der Waals surface area contributed by atoms with Gasteiger partial charge in [0.25, 0.3) is 11.8 Å². The molecule has 142 valence electrons. The molecule has 4 nitrogen and oxygen atoms in total. The summed E-state index contributed by atoms with van der Waals surface area (Å²) in [6.07, 6.45) is 0. The van der Waals surface area contributed by atoms with Gasteiger partial charge >= 0.3 is 0 Å². The lowest BCUT2D eigenvalue weighted by Crippen LogP contribution is -2.16. The molecule has 0 heterocycles. The van der Waals surface area contributed by atoms with Gasteiger partial charge in [0.2, 0.25) is 0 Å². The van der Waals surface area contributed by atoms with E-state index in [-0.39, 0.29) is 22.7 Å². The van der Waals surface area contributed by atoms with E-state index in [0.29, 0.717) is 11.8 Å². The topological polar surface area (TPSA) is 58.2 Å². The number of hydrogen-bond donors (Lipinski definition) is 2. The van der Waals surface area contributed by atoms with Crippen LogP contribution in [0.4, 0.5) is 20.2 Å². The third-order valence-electron chi connectivity index (χ3n) is 4.42. The van der Waals surface area contributed by atoms with E-state index in [2.05, 4.69) is 10.6 Å². The van der Waals surface area contributed by atoms with Crippen molar-refractivity contribution >= 4 is 23.2 Å². The predicted molar refractivity (Wildman–Crippen MR) is 105 cm³/mol. The SMILES string of the molecule is Cc1cccc(NC(=O)c2cccc(C(=O)Nc3ccc(F)cc3F)c2)c1C. The van der Waals surface area contributed by atoms with E-state index in [0.717, 1.165) is 23.3 Å². The maximum absolute atomic E-state index is 13.7. The van der Waals surface area contributed by atoms with Gasteiger partial charge < -0.3 is 10.6 Å². The number of nitrogens with one attached hydrogen (secondary N) is 2. The molecule has 6 heteroatoms. The summed E-state index contributed by atoms with van der Waals surface area (Å²) in [5.74, 6) is -2.58. The van der Waals surface area contributed by atoms with Crippen molar-refractivity contribution in [2.75, 3.05) is 10.6 Å². The van der Waals surface area contributed by atoms with Gasteiger partial charge in [0, 0.05) is 22.9 Å². The first kappa shape index (κ1) is 19.2. The van der Waals surface area contributed by atoms with Gasteiger partial charge in [-0.3, -0.25) is 9.59 Å². The van der Waals surface area contributed by atoms with Crippen molar-refractivity contribution in [2.24, 2.45) is 0 Å². The molecule has 0 radical (unpaired) electrons. The minimum Gasteiger partial charge on any atom is -0.322 e. The summed E-state index contributed by atoms with van der Waals surface area (Å²) in [6, 6.07) is 14.5. The molecule has 3 aromatic carbocycles. The Hall–Kier alpha value is -3.54. The van der Waals surface area contributed by atoms with Crippen LogP contribution in [0.5, 0.6) is 0 Å². The van der Waals surface area contributed by atoms with Crippen LogP contribution in [0.3, 0.4) is 0 Å². The fraction of sp³-hybridized carbons (Fsp3) is 0.0909. The van der Waals surface area contributed by atoms with Gasteiger partial charge in [-0.15, -0.1) is 0 Å². The molecule has 0 unspecified atom stereocenters. The molecule has 28 heavy (non-hydrogen) atoms. The lowest BCUT2D eigenvalue weighted by Gasteiger charge is -2.11. The quantitative estimate of drug-likeness (QED) is 0.663. The highest BCUT2D eigenvalue weighted by Gasteiger charge is 2.14. The van der Waals surface area contributed by atoms with Crippen LogP contribution in [0.15, 0.2) is 60.7 Å². The Morgan fingerprint density at radius 2 is 1.36 bits per heavy atom. The van der Waals surface area contributed by atoms with E-state index in [1.54, 1.807) is 18.2 Å². The lowest BCUT2D eigenvalue weighted by molar-refractivity contribution is 0.102. The van der Waals surface area contributed by atoms with E-state index in [4.69, 9.17) is 0 Å². The molecule has 0 aliphatic heterocycles. The second-order valence-electron chi connectivity index (χ2n) is 6.36. The molecule has 3 aromatic rings. The number of rotatable bonds is 4. The van der Waals surface area contributed by atoms with Crippen LogP contribution in [0, 0.1) is 25.5 Å². The molecule has 0 saturated heterocycles. The summed E-state index contributed by atoms with van der Waals surface area (Å²) >= 11 is 0. The van der Waals surface area contributed by atoms with E-state index >= 15 is 0 Å². The molecular formula is C22H18F2N2O2. The van der Waals surface area contributed by atoms with Crippen LogP contribution < -0.4 is 10.6 Å². The molecule has 0 atom stereocenters. The highest BCUT2D eigenvalue weighted by molar-refractivity contribution is 6.09. The minimum atomic E-state index is -0.878. The fourth-order valence-electron chi connectivity index (χ4n) is 2.67. The molecule has 0 aliphatic rings. The van der Waals surface area contributed by atoms with Gasteiger partial charge in [-0.2, -0.15) is 0 Å². The number of carbonyl (C=O) groups excluding carboxylic acids is 2. The zero-order chi connectivity index (χ0) is 20.3. The number of carbonyl (C=O) groups is 2. The fourth-order valence-corrected chi connectivity index (χ4v) is 2.67. The second-order valence-corrected chi connectivity index (χ2v) is 6.36. The molecule has 0 saturated carbocycles. The molecule has 2 amide bonds. The van der Waals surface area contributed by atoms with Gasteiger partial charge in [0.1, 0.15) is 11.6 Å². The Bertz CT molecular complexity index is 1060. The first-order valence-corrected chi connectivity index (χ1v) is 8.59. The Labute approximate surface area is 161 Å². The van der Waals surface area contributed by atoms with Crippen molar-refractivity contribution in [2.45, 2.75) is 13.8 Å². The summed E-state index contributed by atoms with van der Waals surface area (Å²) < 4.78 is 26.7. The largest absolute Gasteiger partial charge is 0.322 e. The maximum atomic E-state index is 13.7. The minimum absolute atomic E-state index is 0.142. The standard InChI is InChI=1S/C22H18F2N2O2/c1-13-5-3-8-19(14(13)2)25-21(27)15-6-4-7-16(11-15)22(28)26-20-10-9-17(23)12-18(20)24/h3-12H,1-2H3,(H,25,27)(H,26,28). The van der Waals surface area contributed by atoms with Gasteiger partial charge in [-0.25, -0.2) is 8.78 Å². The van der Waals surface area contributed by atoms with E-state index in [1.807, 2.05) is 26.0 Å². The highest BCUT2D eigenvalue weighted by atomic mass is 19.1. The molecule has 3 rings (SSSR count). The molecule has 0 fully saturated rings. The monoisotopic (exact) mass is 380 g/mol. The first-order valence-electron chi connectivity index (χ1n) is 8.59. The summed E-state index contributed by atoms with van der Waals surface area (Å²) in [7, 11) is 0. The third kappa shape index (κ3) is 4.23. The number of amides is 2. The number of benzene rings is 3. The van der Waals surface area contributed by atoms with E-state index < -0.39 is 17.5 Å². The third-order valence-corrected chi connectivity index (χ3v) is 4.42. The van der Waals surface area contributed by atoms with Crippen molar-refractivity contribution in [1.82, 2.24) is 0 Å². The number of hydrogen-bond acceptors (Lipinski definition) is 2. The van der Waals surface area contributed by atoms with Gasteiger partial charge in [-0.05, 0) is 61.4 Å². The van der Waals surface area contributed by atoms with Crippen LogP contribution >= 0.6 is 0 Å². The predicted octanol–water partition coefficient (Wildman–Crippen LogP) is 5.09. The van der Waals surface area contributed by atoms with Crippen molar-refractivity contribution in [3.63, 3.8) is 0 Å². The average Bonchev–Trinajstić information content (AvgIpc) is 2.67. The van der Waals surface area contributed by atoms with Gasteiger partial charge in [0.15, 0.2) is 0 Å². The molecule has 0 aromatic heterocycles. The Morgan fingerprint density at radius 1 is 0.750 bits per heavy atom. The van der Waals surface area contributed by atoms with E-state index in [1.165, 1.54) is 12.1 Å². The Kier molecular flexibility index (Phi) is 5.49. The van der Waals surface area contributed by atoms with Crippen molar-refractivity contribution < 1.29 is 18.4 Å². The molecule has 2 N–H and O–H groups in total. The molecule has 0 spiro atoms. The lowest BCUT2D eigenvalue weighted by atomic mass is 10.1. The molecule has 0 bridgehead atoms. The molecule has 0 aliphatic carbocycles. The average molecular weight is 380 g/mol. The van der Waals surface area contributed by atoms with Crippen LogP contribution in [-0.2, 0) is 0 Å². The van der Waals surface area contributed by atoms with Crippen molar-refractivity contribution in [3.8, 4) is 0 Å². The van der Waals surface area contributed by atoms with E-state index in [9.17, 15) is 18.4 Å².